The van der Waals surface area contributed by atoms with E-state index in [0.717, 1.165) is 48.6 Å². The van der Waals surface area contributed by atoms with Crippen molar-refractivity contribution >= 4 is 26.7 Å². The van der Waals surface area contributed by atoms with Crippen molar-refractivity contribution < 1.29 is 17.2 Å². The Balaban J connectivity index is 1.61. The minimum Gasteiger partial charge on any atom is -0.292 e. The molecule has 2 heterocycles. The molecule has 10 heteroatoms. The van der Waals surface area contributed by atoms with Gasteiger partial charge in [0.15, 0.2) is 0 Å². The van der Waals surface area contributed by atoms with Gasteiger partial charge >= 0.3 is 0 Å². The number of likely N-dealkylation sites (tertiary alicyclic amines) is 1. The Bertz CT molecular complexity index is 1140. The Morgan fingerprint density at radius 2 is 1.97 bits per heavy atom. The molecule has 164 valence electrons. The molecule has 0 unspecified atom stereocenters. The first-order valence-electron chi connectivity index (χ1n) is 9.91. The van der Waals surface area contributed by atoms with Gasteiger partial charge in [-0.3, -0.25) is 9.62 Å². The number of nitrogens with one attached hydrogen (secondary N) is 1. The van der Waals surface area contributed by atoms with Crippen LogP contribution >= 0.6 is 11.5 Å². The van der Waals surface area contributed by atoms with Crippen molar-refractivity contribution in [3.8, 4) is 0 Å². The standard InChI is InChI=1S/C21H22F2N4O2S2/c1-14-6-5-9-27(20(14)15-7-3-2-4-8-15)12-16-10-18(23)19(11-17(16)22)31(28,29)26-21-24-13-25-30-21/h2-4,7-8,10-11,13-14,20H,5-6,9,12H2,1H3,(H,24,25,26)/t14-,20+/m0/s1. The number of sulfonamides is 1. The van der Waals surface area contributed by atoms with E-state index in [1.807, 2.05) is 30.3 Å². The van der Waals surface area contributed by atoms with Crippen LogP contribution in [0.3, 0.4) is 0 Å². The molecule has 31 heavy (non-hydrogen) atoms. The number of nitrogens with zero attached hydrogens (tertiary/aromatic N) is 3. The van der Waals surface area contributed by atoms with Crippen molar-refractivity contribution in [2.24, 2.45) is 5.92 Å². The lowest BCUT2D eigenvalue weighted by molar-refractivity contribution is 0.0921. The summed E-state index contributed by atoms with van der Waals surface area (Å²) in [5, 5.41) is -0.0168. The number of hydrogen-bond acceptors (Lipinski definition) is 6. The molecule has 1 N–H and O–H groups in total. The third-order valence-corrected chi connectivity index (χ3v) is 7.59. The van der Waals surface area contributed by atoms with Crippen LogP contribution in [-0.4, -0.2) is 29.2 Å². The van der Waals surface area contributed by atoms with E-state index in [2.05, 4.69) is 25.9 Å². The second-order valence-electron chi connectivity index (χ2n) is 7.67. The number of anilines is 1. The zero-order valence-corrected chi connectivity index (χ0v) is 18.5. The summed E-state index contributed by atoms with van der Waals surface area (Å²) in [5.41, 5.74) is 1.26. The van der Waals surface area contributed by atoms with Crippen LogP contribution in [-0.2, 0) is 16.6 Å². The van der Waals surface area contributed by atoms with Crippen molar-refractivity contribution in [3.05, 3.63) is 71.6 Å². The molecule has 1 saturated heterocycles. The molecule has 0 amide bonds. The predicted octanol–water partition coefficient (Wildman–Crippen LogP) is 4.59. The number of hydrogen-bond donors (Lipinski definition) is 1. The molecule has 0 bridgehead atoms. The SMILES string of the molecule is C[C@H]1CCCN(Cc2cc(F)c(S(=O)(=O)Nc3ncns3)cc2F)[C@H]1c1ccccc1. The van der Waals surface area contributed by atoms with Crippen LogP contribution in [0.25, 0.3) is 0 Å². The third-order valence-electron chi connectivity index (χ3n) is 5.53. The molecule has 2 aromatic carbocycles. The molecule has 0 aliphatic carbocycles. The molecule has 0 spiro atoms. The number of benzene rings is 2. The summed E-state index contributed by atoms with van der Waals surface area (Å²) in [6.45, 7) is 3.11. The summed E-state index contributed by atoms with van der Waals surface area (Å²) in [7, 11) is -4.32. The number of aromatic nitrogens is 2. The molecule has 1 aliphatic heterocycles. The van der Waals surface area contributed by atoms with Gasteiger partial charge < -0.3 is 0 Å². The van der Waals surface area contributed by atoms with E-state index in [-0.39, 0.29) is 23.3 Å². The van der Waals surface area contributed by atoms with Crippen LogP contribution in [0.2, 0.25) is 0 Å². The summed E-state index contributed by atoms with van der Waals surface area (Å²) in [6, 6.07) is 11.8. The van der Waals surface area contributed by atoms with E-state index in [0.29, 0.717) is 5.92 Å². The smallest absolute Gasteiger partial charge is 0.266 e. The maximum Gasteiger partial charge on any atom is 0.266 e. The summed E-state index contributed by atoms with van der Waals surface area (Å²) >= 11 is 0.805. The second-order valence-corrected chi connectivity index (χ2v) is 10.1. The van der Waals surface area contributed by atoms with Crippen LogP contribution in [0.4, 0.5) is 13.9 Å². The fourth-order valence-electron chi connectivity index (χ4n) is 4.14. The lowest BCUT2D eigenvalue weighted by Crippen LogP contribution is -2.37. The van der Waals surface area contributed by atoms with Gasteiger partial charge in [-0.05, 0) is 43.0 Å². The Morgan fingerprint density at radius 3 is 2.68 bits per heavy atom. The molecule has 3 aromatic rings. The van der Waals surface area contributed by atoms with Crippen LogP contribution in [0, 0.1) is 17.6 Å². The van der Waals surface area contributed by atoms with E-state index in [1.165, 1.54) is 6.33 Å². The van der Waals surface area contributed by atoms with E-state index in [4.69, 9.17) is 0 Å². The molecule has 1 fully saturated rings. The van der Waals surface area contributed by atoms with E-state index < -0.39 is 26.6 Å². The first-order chi connectivity index (χ1) is 14.8. The maximum atomic E-state index is 14.9. The summed E-state index contributed by atoms with van der Waals surface area (Å²) in [4.78, 5) is 5.09. The van der Waals surface area contributed by atoms with Gasteiger partial charge in [-0.1, -0.05) is 37.3 Å². The van der Waals surface area contributed by atoms with Crippen molar-refractivity contribution in [1.82, 2.24) is 14.3 Å². The van der Waals surface area contributed by atoms with Gasteiger partial charge in [0.1, 0.15) is 22.9 Å². The fourth-order valence-corrected chi connectivity index (χ4v) is 5.88. The normalized spacial score (nSPS) is 20.0. The van der Waals surface area contributed by atoms with Crippen molar-refractivity contribution in [2.45, 2.75) is 37.2 Å². The number of piperidine rings is 1. The highest BCUT2D eigenvalue weighted by Gasteiger charge is 2.31. The molecule has 1 aliphatic rings. The molecule has 4 rings (SSSR count). The zero-order valence-electron chi connectivity index (χ0n) is 16.8. The first kappa shape index (κ1) is 21.8. The maximum absolute atomic E-state index is 14.9. The Kier molecular flexibility index (Phi) is 6.31. The topological polar surface area (TPSA) is 75.2 Å². The average molecular weight is 465 g/mol. The number of halogens is 2. The van der Waals surface area contributed by atoms with Crippen LogP contribution in [0.5, 0.6) is 0 Å². The third kappa shape index (κ3) is 4.76. The minimum atomic E-state index is -4.32. The van der Waals surface area contributed by atoms with Crippen LogP contribution in [0.15, 0.2) is 53.7 Å². The Morgan fingerprint density at radius 1 is 1.19 bits per heavy atom. The van der Waals surface area contributed by atoms with Gasteiger partial charge in [-0.2, -0.15) is 4.37 Å². The quantitative estimate of drug-likeness (QED) is 0.578. The van der Waals surface area contributed by atoms with E-state index in [9.17, 15) is 17.2 Å². The summed E-state index contributed by atoms with van der Waals surface area (Å²) in [6.07, 6.45) is 3.19. The first-order valence-corrected chi connectivity index (χ1v) is 12.2. The molecule has 0 radical (unpaired) electrons. The fraction of sp³-hybridized carbons (Fsp3) is 0.333. The van der Waals surface area contributed by atoms with Crippen molar-refractivity contribution in [3.63, 3.8) is 0 Å². The lowest BCUT2D eigenvalue weighted by Gasteiger charge is -2.40. The van der Waals surface area contributed by atoms with Crippen LogP contribution < -0.4 is 4.72 Å². The summed E-state index contributed by atoms with van der Waals surface area (Å²) in [5.74, 6) is -1.40. The predicted molar refractivity (Wildman–Crippen MR) is 115 cm³/mol. The Labute approximate surface area is 184 Å². The lowest BCUT2D eigenvalue weighted by atomic mass is 9.85. The Hall–Kier alpha value is -2.43. The average Bonchev–Trinajstić information content (AvgIpc) is 3.23. The van der Waals surface area contributed by atoms with Gasteiger partial charge in [-0.15, -0.1) is 0 Å². The van der Waals surface area contributed by atoms with Gasteiger partial charge in [0, 0.05) is 29.7 Å². The largest absolute Gasteiger partial charge is 0.292 e. The molecule has 1 aromatic heterocycles. The zero-order chi connectivity index (χ0) is 22.0. The summed E-state index contributed by atoms with van der Waals surface area (Å²) < 4.78 is 60.4. The molecular formula is C21H22F2N4O2S2. The van der Waals surface area contributed by atoms with Gasteiger partial charge in [-0.25, -0.2) is 22.2 Å². The molecule has 6 nitrogen and oxygen atoms in total. The molecule has 0 saturated carbocycles. The van der Waals surface area contributed by atoms with E-state index in [1.54, 1.807) is 0 Å². The second kappa shape index (κ2) is 8.97. The highest BCUT2D eigenvalue weighted by molar-refractivity contribution is 7.93. The molecule has 2 atom stereocenters. The highest BCUT2D eigenvalue weighted by Crippen LogP contribution is 2.37. The number of rotatable bonds is 6. The van der Waals surface area contributed by atoms with Crippen LogP contribution in [0.1, 0.15) is 36.9 Å². The van der Waals surface area contributed by atoms with Crippen molar-refractivity contribution in [2.75, 3.05) is 11.3 Å². The highest BCUT2D eigenvalue weighted by atomic mass is 32.2. The molecular weight excluding hydrogens is 442 g/mol. The van der Waals surface area contributed by atoms with E-state index >= 15 is 0 Å². The van der Waals surface area contributed by atoms with Gasteiger partial charge in [0.05, 0.1) is 0 Å². The monoisotopic (exact) mass is 464 g/mol. The minimum absolute atomic E-state index is 0.0168. The van der Waals surface area contributed by atoms with Gasteiger partial charge in [0.25, 0.3) is 10.0 Å². The van der Waals surface area contributed by atoms with Crippen molar-refractivity contribution in [1.29, 1.82) is 0 Å². The van der Waals surface area contributed by atoms with Gasteiger partial charge in [0.2, 0.25) is 5.13 Å².